The summed E-state index contributed by atoms with van der Waals surface area (Å²) < 4.78 is 1.37. The van der Waals surface area contributed by atoms with Gasteiger partial charge in [0, 0.05) is 42.1 Å². The first-order valence-electron chi connectivity index (χ1n) is 8.98. The maximum Gasteiger partial charge on any atom is 0.271 e. The fourth-order valence-electron chi connectivity index (χ4n) is 3.18. The third-order valence-corrected chi connectivity index (χ3v) is 5.94. The fraction of sp³-hybridized carbons (Fsp3) is 0.250. The Bertz CT molecular complexity index is 1050. The van der Waals surface area contributed by atoms with Gasteiger partial charge in [-0.05, 0) is 49.4 Å². The number of carbonyl (C=O) groups excluding carboxylic acids is 1. The predicted molar refractivity (Wildman–Crippen MR) is 112 cm³/mol. The largest absolute Gasteiger partial charge is 0.352 e. The number of hydrogen-bond acceptors (Lipinski definition) is 5. The topological polar surface area (TPSA) is 58.4 Å². The Labute approximate surface area is 171 Å². The number of hydrogen-bond donors (Lipinski definition) is 0. The van der Waals surface area contributed by atoms with E-state index in [4.69, 9.17) is 11.6 Å². The van der Waals surface area contributed by atoms with Crippen LogP contribution in [0.2, 0.25) is 5.02 Å². The van der Waals surface area contributed by atoms with Crippen LogP contribution in [-0.4, -0.2) is 46.8 Å². The first-order chi connectivity index (χ1) is 13.5. The smallest absolute Gasteiger partial charge is 0.271 e. The van der Waals surface area contributed by atoms with Gasteiger partial charge in [-0.3, -0.25) is 9.59 Å². The van der Waals surface area contributed by atoms with Gasteiger partial charge in [-0.1, -0.05) is 11.6 Å². The summed E-state index contributed by atoms with van der Waals surface area (Å²) in [5.41, 5.74) is 0.464. The van der Waals surface area contributed by atoms with E-state index in [1.165, 1.54) is 22.1 Å². The molecule has 1 amide bonds. The molecular formula is C20H19ClN4O2S. The van der Waals surface area contributed by atoms with Crippen LogP contribution in [0.1, 0.15) is 14.5 Å². The SMILES string of the molecule is Cc1ccc(C(=O)N2CCN(c3ccc(=O)n(-c4ccc(Cl)cc4)n3)CC2)s1. The molecular weight excluding hydrogens is 396 g/mol. The number of nitrogens with zero attached hydrogens (tertiary/aromatic N) is 4. The summed E-state index contributed by atoms with van der Waals surface area (Å²) >= 11 is 7.45. The first kappa shape index (κ1) is 18.7. The molecule has 0 N–H and O–H groups in total. The van der Waals surface area contributed by atoms with Crippen LogP contribution in [0.4, 0.5) is 5.82 Å². The molecule has 0 atom stereocenters. The molecule has 0 unspecified atom stereocenters. The Morgan fingerprint density at radius 3 is 2.36 bits per heavy atom. The van der Waals surface area contributed by atoms with Gasteiger partial charge in [0.2, 0.25) is 0 Å². The number of anilines is 1. The molecule has 3 heterocycles. The number of thiophene rings is 1. The average Bonchev–Trinajstić information content (AvgIpc) is 3.15. The van der Waals surface area contributed by atoms with Crippen molar-refractivity contribution in [2.45, 2.75) is 6.92 Å². The number of halogens is 1. The molecule has 0 radical (unpaired) electrons. The van der Waals surface area contributed by atoms with Crippen LogP contribution in [0.3, 0.4) is 0 Å². The second-order valence-corrected chi connectivity index (χ2v) is 8.33. The number of piperazine rings is 1. The Morgan fingerprint density at radius 2 is 1.71 bits per heavy atom. The maximum atomic E-state index is 12.6. The summed E-state index contributed by atoms with van der Waals surface area (Å²) in [4.78, 5) is 30.7. The van der Waals surface area contributed by atoms with Crippen LogP contribution in [0, 0.1) is 6.92 Å². The van der Waals surface area contributed by atoms with Gasteiger partial charge in [-0.15, -0.1) is 16.4 Å². The van der Waals surface area contributed by atoms with Gasteiger partial charge in [0.1, 0.15) is 5.82 Å². The minimum atomic E-state index is -0.201. The molecule has 4 rings (SSSR count). The third kappa shape index (κ3) is 3.81. The van der Waals surface area contributed by atoms with E-state index in [0.29, 0.717) is 42.7 Å². The van der Waals surface area contributed by atoms with Crippen LogP contribution in [0.15, 0.2) is 53.3 Å². The Hall–Kier alpha value is -2.64. The lowest BCUT2D eigenvalue weighted by molar-refractivity contribution is 0.0751. The van der Waals surface area contributed by atoms with Crippen LogP contribution >= 0.6 is 22.9 Å². The predicted octanol–water partition coefficient (Wildman–Crippen LogP) is 3.22. The molecule has 0 aliphatic carbocycles. The molecule has 1 aliphatic heterocycles. The van der Waals surface area contributed by atoms with Gasteiger partial charge >= 0.3 is 0 Å². The van der Waals surface area contributed by atoms with Gasteiger partial charge in [-0.25, -0.2) is 0 Å². The Balaban J connectivity index is 1.49. The van der Waals surface area contributed by atoms with E-state index in [1.54, 1.807) is 30.3 Å². The number of aryl methyl sites for hydroxylation is 1. The zero-order valence-corrected chi connectivity index (χ0v) is 16.9. The molecule has 0 spiro atoms. The fourth-order valence-corrected chi connectivity index (χ4v) is 4.14. The van der Waals surface area contributed by atoms with E-state index < -0.39 is 0 Å². The molecule has 2 aromatic heterocycles. The minimum absolute atomic E-state index is 0.0804. The van der Waals surface area contributed by atoms with Crippen molar-refractivity contribution >= 4 is 34.7 Å². The van der Waals surface area contributed by atoms with Gasteiger partial charge in [0.15, 0.2) is 0 Å². The zero-order chi connectivity index (χ0) is 19.7. The van der Waals surface area contributed by atoms with Crippen molar-refractivity contribution in [1.82, 2.24) is 14.7 Å². The summed E-state index contributed by atoms with van der Waals surface area (Å²) in [7, 11) is 0. The summed E-state index contributed by atoms with van der Waals surface area (Å²) in [6, 6.07) is 14.1. The van der Waals surface area contributed by atoms with Crippen LogP contribution in [0.5, 0.6) is 0 Å². The molecule has 0 saturated carbocycles. The molecule has 144 valence electrons. The minimum Gasteiger partial charge on any atom is -0.352 e. The third-order valence-electron chi connectivity index (χ3n) is 4.70. The van der Waals surface area contributed by atoms with Crippen molar-refractivity contribution in [2.75, 3.05) is 31.1 Å². The van der Waals surface area contributed by atoms with Gasteiger partial charge in [-0.2, -0.15) is 4.68 Å². The number of amides is 1. The first-order valence-corrected chi connectivity index (χ1v) is 10.2. The number of benzene rings is 1. The van der Waals surface area contributed by atoms with Crippen LogP contribution in [0.25, 0.3) is 5.69 Å². The zero-order valence-electron chi connectivity index (χ0n) is 15.3. The molecule has 1 saturated heterocycles. The monoisotopic (exact) mass is 414 g/mol. The number of rotatable bonds is 3. The molecule has 1 aromatic carbocycles. The molecule has 8 heteroatoms. The lowest BCUT2D eigenvalue weighted by Gasteiger charge is -2.35. The molecule has 28 heavy (non-hydrogen) atoms. The number of aromatic nitrogens is 2. The Morgan fingerprint density at radius 1 is 1.00 bits per heavy atom. The van der Waals surface area contributed by atoms with Crippen molar-refractivity contribution in [1.29, 1.82) is 0 Å². The highest BCUT2D eigenvalue weighted by atomic mass is 35.5. The Kier molecular flexibility index (Phi) is 5.19. The van der Waals surface area contributed by atoms with Crippen molar-refractivity contribution in [3.8, 4) is 5.69 Å². The number of carbonyl (C=O) groups is 1. The summed E-state index contributed by atoms with van der Waals surface area (Å²) in [5.74, 6) is 0.797. The second kappa shape index (κ2) is 7.77. The van der Waals surface area contributed by atoms with Gasteiger partial charge in [0.25, 0.3) is 11.5 Å². The van der Waals surface area contributed by atoms with E-state index in [2.05, 4.69) is 10.00 Å². The highest BCUT2D eigenvalue weighted by Gasteiger charge is 2.24. The molecule has 1 fully saturated rings. The second-order valence-electron chi connectivity index (χ2n) is 6.61. The maximum absolute atomic E-state index is 12.6. The molecule has 3 aromatic rings. The van der Waals surface area contributed by atoms with Crippen molar-refractivity contribution in [3.63, 3.8) is 0 Å². The quantitative estimate of drug-likeness (QED) is 0.660. The summed E-state index contributed by atoms with van der Waals surface area (Å²) in [6.45, 7) is 4.58. The molecule has 0 bridgehead atoms. The van der Waals surface area contributed by atoms with E-state index in [-0.39, 0.29) is 11.5 Å². The van der Waals surface area contributed by atoms with E-state index in [1.807, 2.05) is 24.0 Å². The van der Waals surface area contributed by atoms with Crippen molar-refractivity contribution in [3.05, 3.63) is 73.7 Å². The molecule has 6 nitrogen and oxygen atoms in total. The lowest BCUT2D eigenvalue weighted by Crippen LogP contribution is -2.49. The standard InChI is InChI=1S/C20H19ClN4O2S/c1-14-2-7-17(28-14)20(27)24-12-10-23(11-13-24)18-8-9-19(26)25(22-18)16-5-3-15(21)4-6-16/h2-9H,10-13H2,1H3. The molecule has 1 aliphatic rings. The van der Waals surface area contributed by atoms with Crippen molar-refractivity contribution in [2.24, 2.45) is 0 Å². The normalized spacial score (nSPS) is 14.4. The van der Waals surface area contributed by atoms with Crippen LogP contribution in [-0.2, 0) is 0 Å². The van der Waals surface area contributed by atoms with E-state index in [0.717, 1.165) is 9.75 Å². The highest BCUT2D eigenvalue weighted by Crippen LogP contribution is 2.20. The van der Waals surface area contributed by atoms with E-state index in [9.17, 15) is 9.59 Å². The van der Waals surface area contributed by atoms with Gasteiger partial charge < -0.3 is 9.80 Å². The van der Waals surface area contributed by atoms with E-state index >= 15 is 0 Å². The summed E-state index contributed by atoms with van der Waals surface area (Å²) in [5, 5.41) is 5.12. The average molecular weight is 415 g/mol. The van der Waals surface area contributed by atoms with Crippen LogP contribution < -0.4 is 10.5 Å². The summed E-state index contributed by atoms with van der Waals surface area (Å²) in [6.07, 6.45) is 0. The van der Waals surface area contributed by atoms with Crippen molar-refractivity contribution < 1.29 is 4.79 Å². The highest BCUT2D eigenvalue weighted by molar-refractivity contribution is 7.13. The lowest BCUT2D eigenvalue weighted by atomic mass is 10.3. The van der Waals surface area contributed by atoms with Gasteiger partial charge in [0.05, 0.1) is 10.6 Å².